The number of aryl methyl sites for hydroxylation is 1. The standard InChI is InChI=1S/C17H28N4O/c1-16(2)10-13(18)11-17(3,4)21(16)15(22)12-5-7-20-8-6-19-14(20)9-12/h6,8,12-13H,5,7,9-11,18H2,1-4H3. The van der Waals surface area contributed by atoms with Gasteiger partial charge in [0.1, 0.15) is 5.82 Å². The molecule has 1 unspecified atom stereocenters. The number of carbonyl (C=O) groups is 1. The minimum atomic E-state index is -0.189. The molecule has 1 aromatic heterocycles. The first-order valence-electron chi connectivity index (χ1n) is 8.30. The number of hydrogen-bond donors (Lipinski definition) is 1. The van der Waals surface area contributed by atoms with Crippen LogP contribution in [0.15, 0.2) is 12.4 Å². The van der Waals surface area contributed by atoms with E-state index in [1.165, 1.54) is 0 Å². The SMILES string of the molecule is CC1(C)CC(N)CC(C)(C)N1C(=O)C1CCn2ccnc2C1. The summed E-state index contributed by atoms with van der Waals surface area (Å²) in [6.07, 6.45) is 7.21. The van der Waals surface area contributed by atoms with E-state index in [0.29, 0.717) is 0 Å². The summed E-state index contributed by atoms with van der Waals surface area (Å²) < 4.78 is 2.16. The first kappa shape index (κ1) is 15.5. The molecule has 122 valence electrons. The third-order valence-electron chi connectivity index (χ3n) is 5.25. The minimum absolute atomic E-state index is 0.0442. The van der Waals surface area contributed by atoms with Gasteiger partial charge in [-0.3, -0.25) is 4.79 Å². The molecule has 3 rings (SSSR count). The van der Waals surface area contributed by atoms with Gasteiger partial charge >= 0.3 is 0 Å². The molecule has 1 aromatic rings. The van der Waals surface area contributed by atoms with E-state index in [2.05, 4.69) is 42.1 Å². The Labute approximate surface area is 132 Å². The van der Waals surface area contributed by atoms with Crippen molar-refractivity contribution in [1.82, 2.24) is 14.5 Å². The molecule has 0 aromatic carbocycles. The highest BCUT2D eigenvalue weighted by Gasteiger charge is 2.48. The van der Waals surface area contributed by atoms with Gasteiger partial charge in [0, 0.05) is 48.4 Å². The molecule has 2 aliphatic rings. The number of hydrogen-bond acceptors (Lipinski definition) is 3. The Morgan fingerprint density at radius 2 is 1.91 bits per heavy atom. The summed E-state index contributed by atoms with van der Waals surface area (Å²) in [6, 6.07) is 0.166. The van der Waals surface area contributed by atoms with Crippen molar-refractivity contribution in [3.8, 4) is 0 Å². The maximum atomic E-state index is 13.3. The summed E-state index contributed by atoms with van der Waals surface area (Å²) in [5.74, 6) is 1.35. The van der Waals surface area contributed by atoms with Gasteiger partial charge in [-0.25, -0.2) is 4.98 Å². The third-order valence-corrected chi connectivity index (χ3v) is 5.25. The lowest BCUT2D eigenvalue weighted by Crippen LogP contribution is -2.66. The molecule has 1 fully saturated rings. The molecule has 5 heteroatoms. The van der Waals surface area contributed by atoms with E-state index < -0.39 is 0 Å². The highest BCUT2D eigenvalue weighted by molar-refractivity contribution is 5.81. The molecular weight excluding hydrogens is 276 g/mol. The van der Waals surface area contributed by atoms with Crippen molar-refractivity contribution in [2.45, 2.75) is 77.0 Å². The van der Waals surface area contributed by atoms with Crippen LogP contribution < -0.4 is 5.73 Å². The van der Waals surface area contributed by atoms with Gasteiger partial charge in [-0.1, -0.05) is 0 Å². The van der Waals surface area contributed by atoms with Crippen LogP contribution in [0.5, 0.6) is 0 Å². The molecule has 1 saturated heterocycles. The zero-order valence-electron chi connectivity index (χ0n) is 14.2. The number of likely N-dealkylation sites (tertiary alicyclic amines) is 1. The Kier molecular flexibility index (Phi) is 3.59. The number of aromatic nitrogens is 2. The second kappa shape index (κ2) is 5.08. The number of nitrogens with zero attached hydrogens (tertiary/aromatic N) is 3. The lowest BCUT2D eigenvalue weighted by Gasteiger charge is -2.55. The number of amides is 1. The van der Waals surface area contributed by atoms with Gasteiger partial charge in [-0.05, 0) is 47.0 Å². The van der Waals surface area contributed by atoms with Gasteiger partial charge < -0.3 is 15.2 Å². The van der Waals surface area contributed by atoms with Crippen molar-refractivity contribution in [3.05, 3.63) is 18.2 Å². The van der Waals surface area contributed by atoms with Crippen LogP contribution in [-0.2, 0) is 17.8 Å². The summed E-state index contributed by atoms with van der Waals surface area (Å²) in [5, 5.41) is 0. The lowest BCUT2D eigenvalue weighted by atomic mass is 9.76. The molecule has 22 heavy (non-hydrogen) atoms. The summed E-state index contributed by atoms with van der Waals surface area (Å²) >= 11 is 0. The van der Waals surface area contributed by atoms with E-state index in [1.807, 2.05) is 12.4 Å². The van der Waals surface area contributed by atoms with Gasteiger partial charge in [-0.15, -0.1) is 0 Å². The van der Waals surface area contributed by atoms with Gasteiger partial charge in [0.2, 0.25) is 5.91 Å². The molecule has 0 bridgehead atoms. The van der Waals surface area contributed by atoms with Crippen LogP contribution in [0.2, 0.25) is 0 Å². The average Bonchev–Trinajstić information content (AvgIpc) is 2.81. The van der Waals surface area contributed by atoms with E-state index in [4.69, 9.17) is 5.73 Å². The Bertz CT molecular complexity index is 557. The fraction of sp³-hybridized carbons (Fsp3) is 0.765. The predicted octanol–water partition coefficient (Wildman–Crippen LogP) is 1.95. The third kappa shape index (κ3) is 2.56. The fourth-order valence-electron chi connectivity index (χ4n) is 4.70. The van der Waals surface area contributed by atoms with E-state index in [9.17, 15) is 4.79 Å². The zero-order chi connectivity index (χ0) is 16.1. The highest BCUT2D eigenvalue weighted by atomic mass is 16.2. The van der Waals surface area contributed by atoms with Gasteiger partial charge in [0.15, 0.2) is 0 Å². The number of rotatable bonds is 1. The number of fused-ring (bicyclic) bond motifs is 1. The first-order chi connectivity index (χ1) is 10.2. The quantitative estimate of drug-likeness (QED) is 0.862. The Morgan fingerprint density at radius 3 is 2.55 bits per heavy atom. The molecule has 2 aliphatic heterocycles. The topological polar surface area (TPSA) is 64.2 Å². The highest BCUT2D eigenvalue weighted by Crippen LogP contribution is 2.39. The molecule has 0 saturated carbocycles. The molecule has 0 spiro atoms. The van der Waals surface area contributed by atoms with Crippen molar-refractivity contribution in [2.24, 2.45) is 11.7 Å². The largest absolute Gasteiger partial charge is 0.335 e. The van der Waals surface area contributed by atoms with Crippen LogP contribution in [0.1, 0.15) is 52.8 Å². The van der Waals surface area contributed by atoms with Crippen LogP contribution in [0, 0.1) is 5.92 Å². The molecule has 3 heterocycles. The molecule has 1 amide bonds. The molecule has 1 atom stereocenters. The van der Waals surface area contributed by atoms with Gasteiger partial charge in [0.25, 0.3) is 0 Å². The van der Waals surface area contributed by atoms with Crippen LogP contribution >= 0.6 is 0 Å². The van der Waals surface area contributed by atoms with Crippen molar-refractivity contribution >= 4 is 5.91 Å². The fourth-order valence-corrected chi connectivity index (χ4v) is 4.70. The molecule has 2 N–H and O–H groups in total. The van der Waals surface area contributed by atoms with E-state index in [0.717, 1.165) is 38.1 Å². The predicted molar refractivity (Wildman–Crippen MR) is 86.3 cm³/mol. The van der Waals surface area contributed by atoms with Crippen LogP contribution in [0.25, 0.3) is 0 Å². The number of carbonyl (C=O) groups excluding carboxylic acids is 1. The van der Waals surface area contributed by atoms with E-state index >= 15 is 0 Å². The maximum Gasteiger partial charge on any atom is 0.227 e. The Balaban J connectivity index is 1.84. The lowest BCUT2D eigenvalue weighted by molar-refractivity contribution is -0.155. The molecule has 0 radical (unpaired) electrons. The maximum absolute atomic E-state index is 13.3. The normalized spacial score (nSPS) is 27.5. The van der Waals surface area contributed by atoms with Crippen LogP contribution in [-0.4, -0.2) is 37.5 Å². The van der Waals surface area contributed by atoms with Gasteiger partial charge in [-0.2, -0.15) is 0 Å². The zero-order valence-corrected chi connectivity index (χ0v) is 14.2. The van der Waals surface area contributed by atoms with E-state index in [1.54, 1.807) is 0 Å². The Hall–Kier alpha value is -1.36. The summed E-state index contributed by atoms with van der Waals surface area (Å²) in [5.41, 5.74) is 5.85. The Morgan fingerprint density at radius 1 is 1.27 bits per heavy atom. The number of piperidine rings is 1. The first-order valence-corrected chi connectivity index (χ1v) is 8.30. The monoisotopic (exact) mass is 304 g/mol. The van der Waals surface area contributed by atoms with Crippen molar-refractivity contribution in [2.75, 3.05) is 0 Å². The van der Waals surface area contributed by atoms with Crippen LogP contribution in [0.3, 0.4) is 0 Å². The van der Waals surface area contributed by atoms with Crippen LogP contribution in [0.4, 0.5) is 0 Å². The molecular formula is C17H28N4O. The molecule has 0 aliphatic carbocycles. The van der Waals surface area contributed by atoms with Crippen molar-refractivity contribution in [1.29, 1.82) is 0 Å². The summed E-state index contributed by atoms with van der Waals surface area (Å²) in [6.45, 7) is 9.48. The van der Waals surface area contributed by atoms with E-state index in [-0.39, 0.29) is 28.9 Å². The summed E-state index contributed by atoms with van der Waals surface area (Å²) in [4.78, 5) is 19.8. The van der Waals surface area contributed by atoms with Crippen molar-refractivity contribution < 1.29 is 4.79 Å². The smallest absolute Gasteiger partial charge is 0.227 e. The van der Waals surface area contributed by atoms with Crippen molar-refractivity contribution in [3.63, 3.8) is 0 Å². The second-order valence-corrected chi connectivity index (χ2v) is 8.19. The number of imidazole rings is 1. The molecule has 5 nitrogen and oxygen atoms in total. The minimum Gasteiger partial charge on any atom is -0.335 e. The second-order valence-electron chi connectivity index (χ2n) is 8.19. The van der Waals surface area contributed by atoms with Gasteiger partial charge in [0.05, 0.1) is 0 Å². The summed E-state index contributed by atoms with van der Waals surface area (Å²) in [7, 11) is 0. The number of nitrogens with two attached hydrogens (primary N) is 1. The average molecular weight is 304 g/mol.